The number of aromatic nitrogens is 4. The molecule has 0 atom stereocenters. The van der Waals surface area contributed by atoms with Gasteiger partial charge in [-0.1, -0.05) is 22.9 Å². The number of hydrogen-bond donors (Lipinski definition) is 1. The fraction of sp³-hybridized carbons (Fsp3) is 0.167. The topological polar surface area (TPSA) is 128 Å². The van der Waals surface area contributed by atoms with Crippen molar-refractivity contribution in [1.82, 2.24) is 19.8 Å². The molecule has 23 heavy (non-hydrogen) atoms. The Balaban J connectivity index is 1.64. The first-order chi connectivity index (χ1) is 11.0. The Bertz CT molecular complexity index is 860. The predicted octanol–water partition coefficient (Wildman–Crippen LogP) is 1.66. The van der Waals surface area contributed by atoms with Gasteiger partial charge >= 0.3 is 5.84 Å². The Morgan fingerprint density at radius 2 is 2.35 bits per heavy atom. The van der Waals surface area contributed by atoms with Crippen molar-refractivity contribution in [3.8, 4) is 0 Å². The van der Waals surface area contributed by atoms with Crippen molar-refractivity contribution in [3.63, 3.8) is 0 Å². The normalized spacial score (nSPS) is 10.8. The molecule has 11 heteroatoms. The Morgan fingerprint density at radius 3 is 3.09 bits per heavy atom. The lowest BCUT2D eigenvalue weighted by molar-refractivity contribution is -0.384. The molecular formula is C12H10N6O4S. The summed E-state index contributed by atoms with van der Waals surface area (Å²) in [5.74, 6) is -0.0471. The molecule has 2 aromatic heterocycles. The maximum atomic E-state index is 12.0. The monoisotopic (exact) mass is 334 g/mol. The van der Waals surface area contributed by atoms with Crippen LogP contribution in [0.5, 0.6) is 0 Å². The number of thioether (sulfide) groups is 1. The van der Waals surface area contributed by atoms with E-state index in [1.54, 1.807) is 13.0 Å². The van der Waals surface area contributed by atoms with Crippen molar-refractivity contribution in [2.45, 2.75) is 12.1 Å². The lowest BCUT2D eigenvalue weighted by atomic mass is 10.2. The first-order valence-electron chi connectivity index (χ1n) is 6.37. The highest BCUT2D eigenvalue weighted by molar-refractivity contribution is 7.99. The van der Waals surface area contributed by atoms with Gasteiger partial charge in [0.2, 0.25) is 5.91 Å². The molecule has 1 amide bonds. The average molecular weight is 334 g/mol. The summed E-state index contributed by atoms with van der Waals surface area (Å²) in [5.41, 5.74) is 1.05. The minimum absolute atomic E-state index is 0.0409. The molecule has 0 saturated heterocycles. The van der Waals surface area contributed by atoms with E-state index >= 15 is 0 Å². The van der Waals surface area contributed by atoms with Gasteiger partial charge in [0.05, 0.1) is 16.4 Å². The zero-order valence-corrected chi connectivity index (χ0v) is 12.6. The van der Waals surface area contributed by atoms with Crippen LogP contribution in [0.4, 0.5) is 11.4 Å². The number of hydrogen-bond acceptors (Lipinski definition) is 8. The van der Waals surface area contributed by atoms with Crippen molar-refractivity contribution in [1.29, 1.82) is 0 Å². The molecule has 3 rings (SSSR count). The van der Waals surface area contributed by atoms with Gasteiger partial charge in [0.15, 0.2) is 0 Å². The maximum Gasteiger partial charge on any atom is 0.345 e. The molecule has 0 aliphatic heterocycles. The maximum absolute atomic E-state index is 12.0. The second-order valence-corrected chi connectivity index (χ2v) is 5.45. The second kappa shape index (κ2) is 6.04. The van der Waals surface area contributed by atoms with Crippen LogP contribution in [0, 0.1) is 17.0 Å². The van der Waals surface area contributed by atoms with Crippen molar-refractivity contribution in [3.05, 3.63) is 40.2 Å². The van der Waals surface area contributed by atoms with Crippen LogP contribution in [-0.4, -0.2) is 36.4 Å². The zero-order chi connectivity index (χ0) is 16.4. The minimum atomic E-state index is -0.513. The van der Waals surface area contributed by atoms with Crippen LogP contribution in [0.25, 0.3) is 5.84 Å². The average Bonchev–Trinajstić information content (AvgIpc) is 3.08. The van der Waals surface area contributed by atoms with Crippen LogP contribution < -0.4 is 5.32 Å². The van der Waals surface area contributed by atoms with E-state index < -0.39 is 4.92 Å². The number of nitrogens with one attached hydrogen (secondary N) is 1. The second-order valence-electron chi connectivity index (χ2n) is 4.52. The van der Waals surface area contributed by atoms with Crippen LogP contribution in [0.1, 0.15) is 5.56 Å². The summed E-state index contributed by atoms with van der Waals surface area (Å²) >= 11 is 1.08. The largest absolute Gasteiger partial charge is 0.396 e. The highest BCUT2D eigenvalue weighted by Crippen LogP contribution is 2.23. The first-order valence-corrected chi connectivity index (χ1v) is 7.36. The third-order valence-electron chi connectivity index (χ3n) is 2.90. The smallest absolute Gasteiger partial charge is 0.345 e. The zero-order valence-electron chi connectivity index (χ0n) is 11.8. The van der Waals surface area contributed by atoms with Crippen LogP contribution in [-0.2, 0) is 4.79 Å². The van der Waals surface area contributed by atoms with Gasteiger partial charge in [-0.25, -0.2) is 0 Å². The van der Waals surface area contributed by atoms with Gasteiger partial charge in [-0.15, -0.1) is 10.2 Å². The molecule has 1 aromatic carbocycles. The Kier molecular flexibility index (Phi) is 3.93. The summed E-state index contributed by atoms with van der Waals surface area (Å²) < 4.78 is 6.61. The molecule has 0 saturated carbocycles. The van der Waals surface area contributed by atoms with E-state index in [1.165, 1.54) is 23.0 Å². The number of nitrogens with zero attached hydrogens (tertiary/aromatic N) is 5. The van der Waals surface area contributed by atoms with Crippen LogP contribution in [0.15, 0.2) is 34.2 Å². The Morgan fingerprint density at radius 1 is 1.52 bits per heavy atom. The van der Waals surface area contributed by atoms with Crippen LogP contribution >= 0.6 is 11.8 Å². The summed E-state index contributed by atoms with van der Waals surface area (Å²) in [6, 6.07) is 4.29. The Hall–Kier alpha value is -2.95. The fourth-order valence-electron chi connectivity index (χ4n) is 1.77. The SMILES string of the molecule is Cc1ccc([N+](=O)[O-])cc1NC(=O)CSc1nn2cnnc2o1. The van der Waals surface area contributed by atoms with E-state index in [4.69, 9.17) is 4.42 Å². The molecule has 0 radical (unpaired) electrons. The molecule has 1 N–H and O–H groups in total. The molecule has 0 unspecified atom stereocenters. The van der Waals surface area contributed by atoms with Crippen molar-refractivity contribution in [2.24, 2.45) is 0 Å². The van der Waals surface area contributed by atoms with Crippen LogP contribution in [0.2, 0.25) is 0 Å². The minimum Gasteiger partial charge on any atom is -0.396 e. The summed E-state index contributed by atoms with van der Waals surface area (Å²) in [4.78, 5) is 22.2. The third kappa shape index (κ3) is 3.29. The molecule has 0 aliphatic carbocycles. The Labute approximate surface area is 133 Å². The number of fused-ring (bicyclic) bond motifs is 1. The highest BCUT2D eigenvalue weighted by atomic mass is 32.2. The van der Waals surface area contributed by atoms with Crippen molar-refractivity contribution >= 4 is 34.9 Å². The van der Waals surface area contributed by atoms with E-state index in [2.05, 4.69) is 20.6 Å². The van der Waals surface area contributed by atoms with Crippen LogP contribution in [0.3, 0.4) is 0 Å². The molecule has 0 aliphatic rings. The number of carbonyl (C=O) groups is 1. The number of nitro groups is 1. The van der Waals surface area contributed by atoms with Gasteiger partial charge in [0, 0.05) is 12.1 Å². The van der Waals surface area contributed by atoms with E-state index in [1.807, 2.05) is 0 Å². The lowest BCUT2D eigenvalue weighted by Gasteiger charge is -2.07. The molecule has 0 bridgehead atoms. The first kappa shape index (κ1) is 15.0. The fourth-order valence-corrected chi connectivity index (χ4v) is 2.38. The number of aryl methyl sites for hydroxylation is 1. The van der Waals surface area contributed by atoms with Gasteiger partial charge in [0.1, 0.15) is 6.33 Å². The summed E-state index contributed by atoms with van der Waals surface area (Å²) in [6.45, 7) is 1.75. The standard InChI is InChI=1S/C12H10N6O4S/c1-7-2-3-8(18(20)21)4-9(7)14-10(19)5-23-12-16-17-6-13-15-11(17)22-12/h2-4,6H,5H2,1H3,(H,14,19). The number of non-ortho nitro benzene ring substituents is 1. The van der Waals surface area contributed by atoms with Gasteiger partial charge in [-0.05, 0) is 12.5 Å². The number of amides is 1. The van der Waals surface area contributed by atoms with Crippen molar-refractivity contribution in [2.75, 3.05) is 11.1 Å². The molecule has 3 aromatic rings. The quantitative estimate of drug-likeness (QED) is 0.424. The summed E-state index contributed by atoms with van der Waals surface area (Å²) in [5, 5.41) is 25.0. The molecule has 2 heterocycles. The van der Waals surface area contributed by atoms with E-state index in [0.717, 1.165) is 17.3 Å². The van der Waals surface area contributed by atoms with Gasteiger partial charge < -0.3 is 9.73 Å². The number of carbonyl (C=O) groups excluding carboxylic acids is 1. The van der Waals surface area contributed by atoms with Gasteiger partial charge in [0.25, 0.3) is 10.9 Å². The van der Waals surface area contributed by atoms with E-state index in [9.17, 15) is 14.9 Å². The molecule has 10 nitrogen and oxygen atoms in total. The number of benzene rings is 1. The molecule has 0 fully saturated rings. The molecule has 0 spiro atoms. The summed E-state index contributed by atoms with van der Waals surface area (Å²) in [7, 11) is 0. The van der Waals surface area contributed by atoms with E-state index in [0.29, 0.717) is 5.69 Å². The lowest BCUT2D eigenvalue weighted by Crippen LogP contribution is -2.15. The van der Waals surface area contributed by atoms with Gasteiger partial charge in [-0.3, -0.25) is 14.9 Å². The summed E-state index contributed by atoms with van der Waals surface area (Å²) in [6.07, 6.45) is 1.38. The number of nitro benzene ring substituents is 1. The highest BCUT2D eigenvalue weighted by Gasteiger charge is 2.13. The third-order valence-corrected chi connectivity index (χ3v) is 3.72. The number of rotatable bonds is 5. The van der Waals surface area contributed by atoms with E-state index in [-0.39, 0.29) is 28.4 Å². The van der Waals surface area contributed by atoms with Crippen molar-refractivity contribution < 1.29 is 14.1 Å². The van der Waals surface area contributed by atoms with Gasteiger partial charge in [-0.2, -0.15) is 4.52 Å². The number of anilines is 1. The predicted molar refractivity (Wildman–Crippen MR) is 80.2 cm³/mol. The molecular weight excluding hydrogens is 324 g/mol. The molecule has 118 valence electrons.